The zero-order valence-corrected chi connectivity index (χ0v) is 12.8. The first-order valence-electron chi connectivity index (χ1n) is 7.58. The topological polar surface area (TPSA) is 37.0 Å². The number of hydrogen-bond donors (Lipinski definition) is 2. The Kier molecular flexibility index (Phi) is 4.97. The summed E-state index contributed by atoms with van der Waals surface area (Å²) in [7, 11) is 0. The zero-order chi connectivity index (χ0) is 14.6. The number of aromatic nitrogens is 1. The predicted molar refractivity (Wildman–Crippen MR) is 81.2 cm³/mol. The van der Waals surface area contributed by atoms with Crippen LogP contribution in [-0.2, 0) is 6.54 Å². The third kappa shape index (κ3) is 5.08. The van der Waals surface area contributed by atoms with Crippen LogP contribution < -0.4 is 10.6 Å². The lowest BCUT2D eigenvalue weighted by Gasteiger charge is -2.21. The first-order chi connectivity index (χ1) is 9.46. The molecule has 0 spiro atoms. The molecule has 1 fully saturated rings. The molecule has 1 aromatic rings. The summed E-state index contributed by atoms with van der Waals surface area (Å²) >= 11 is 0. The standard InChI is InChI=1S/C16H26FN3/c1-16(2,3)20-11-13-8-10-19-15(14(13)17)18-9-4-5-12-6-7-12/h8,10,12,20H,4-7,9,11H2,1-3H3,(H,18,19). The quantitative estimate of drug-likeness (QED) is 0.747. The molecular weight excluding hydrogens is 253 g/mol. The van der Waals surface area contributed by atoms with E-state index in [0.29, 0.717) is 17.9 Å². The highest BCUT2D eigenvalue weighted by Gasteiger charge is 2.20. The Labute approximate surface area is 121 Å². The van der Waals surface area contributed by atoms with Crippen LogP contribution in [0.1, 0.15) is 52.0 Å². The smallest absolute Gasteiger partial charge is 0.169 e. The first kappa shape index (κ1) is 15.2. The van der Waals surface area contributed by atoms with Crippen molar-refractivity contribution in [2.75, 3.05) is 11.9 Å². The minimum atomic E-state index is -0.226. The van der Waals surface area contributed by atoms with Crippen LogP contribution in [-0.4, -0.2) is 17.1 Å². The van der Waals surface area contributed by atoms with E-state index in [2.05, 4.69) is 36.4 Å². The number of rotatable bonds is 7. The summed E-state index contributed by atoms with van der Waals surface area (Å²) in [5.74, 6) is 1.08. The van der Waals surface area contributed by atoms with E-state index >= 15 is 0 Å². The van der Waals surface area contributed by atoms with Gasteiger partial charge in [0.05, 0.1) is 0 Å². The summed E-state index contributed by atoms with van der Waals surface area (Å²) in [6.45, 7) is 7.54. The van der Waals surface area contributed by atoms with E-state index in [4.69, 9.17) is 0 Å². The fraction of sp³-hybridized carbons (Fsp3) is 0.688. The monoisotopic (exact) mass is 279 g/mol. The second-order valence-electron chi connectivity index (χ2n) is 6.75. The molecule has 4 heteroatoms. The Morgan fingerprint density at radius 3 is 2.75 bits per heavy atom. The van der Waals surface area contributed by atoms with Crippen LogP contribution in [0.4, 0.5) is 10.2 Å². The van der Waals surface area contributed by atoms with Gasteiger partial charge < -0.3 is 10.6 Å². The van der Waals surface area contributed by atoms with Crippen molar-refractivity contribution in [3.63, 3.8) is 0 Å². The molecule has 1 heterocycles. The van der Waals surface area contributed by atoms with E-state index < -0.39 is 0 Å². The maximum absolute atomic E-state index is 14.3. The summed E-state index contributed by atoms with van der Waals surface area (Å²) in [5.41, 5.74) is 0.646. The summed E-state index contributed by atoms with van der Waals surface area (Å²) in [6.07, 6.45) is 6.77. The fourth-order valence-corrected chi connectivity index (χ4v) is 2.11. The predicted octanol–water partition coefficient (Wildman–Crippen LogP) is 3.71. The Morgan fingerprint density at radius 2 is 2.10 bits per heavy atom. The van der Waals surface area contributed by atoms with Crippen molar-refractivity contribution in [2.24, 2.45) is 5.92 Å². The molecule has 0 atom stereocenters. The molecule has 1 aliphatic rings. The summed E-state index contributed by atoms with van der Waals surface area (Å²) in [6, 6.07) is 1.74. The molecule has 0 saturated heterocycles. The molecule has 2 N–H and O–H groups in total. The van der Waals surface area contributed by atoms with Crippen molar-refractivity contribution in [1.82, 2.24) is 10.3 Å². The van der Waals surface area contributed by atoms with Crippen molar-refractivity contribution in [3.05, 3.63) is 23.6 Å². The van der Waals surface area contributed by atoms with Gasteiger partial charge in [-0.3, -0.25) is 0 Å². The number of anilines is 1. The minimum absolute atomic E-state index is 0.0203. The van der Waals surface area contributed by atoms with Gasteiger partial charge in [0, 0.05) is 30.4 Å². The van der Waals surface area contributed by atoms with Gasteiger partial charge in [-0.1, -0.05) is 12.8 Å². The van der Waals surface area contributed by atoms with Gasteiger partial charge in [0.15, 0.2) is 11.6 Å². The Balaban J connectivity index is 1.85. The van der Waals surface area contributed by atoms with Crippen molar-refractivity contribution >= 4 is 5.82 Å². The molecule has 1 aromatic heterocycles. The summed E-state index contributed by atoms with van der Waals surface area (Å²) < 4.78 is 14.3. The molecule has 0 bridgehead atoms. The highest BCUT2D eigenvalue weighted by molar-refractivity contribution is 5.39. The highest BCUT2D eigenvalue weighted by Crippen LogP contribution is 2.33. The van der Waals surface area contributed by atoms with Gasteiger partial charge in [0.2, 0.25) is 0 Å². The van der Waals surface area contributed by atoms with E-state index in [1.54, 1.807) is 12.3 Å². The SMILES string of the molecule is CC(C)(C)NCc1ccnc(NCCCC2CC2)c1F. The van der Waals surface area contributed by atoms with Gasteiger partial charge in [-0.05, 0) is 45.6 Å². The number of nitrogens with one attached hydrogen (secondary N) is 2. The van der Waals surface area contributed by atoms with E-state index in [0.717, 1.165) is 18.9 Å². The van der Waals surface area contributed by atoms with Crippen molar-refractivity contribution in [1.29, 1.82) is 0 Å². The van der Waals surface area contributed by atoms with Gasteiger partial charge in [-0.2, -0.15) is 0 Å². The number of hydrogen-bond acceptors (Lipinski definition) is 3. The van der Waals surface area contributed by atoms with Crippen LogP contribution >= 0.6 is 0 Å². The molecule has 3 nitrogen and oxygen atoms in total. The lowest BCUT2D eigenvalue weighted by atomic mass is 10.1. The molecule has 0 amide bonds. The Morgan fingerprint density at radius 1 is 1.35 bits per heavy atom. The maximum atomic E-state index is 14.3. The average Bonchev–Trinajstić information content (AvgIpc) is 3.18. The van der Waals surface area contributed by atoms with Gasteiger partial charge in [-0.15, -0.1) is 0 Å². The summed E-state index contributed by atoms with van der Waals surface area (Å²) in [4.78, 5) is 4.10. The molecule has 0 aliphatic heterocycles. The van der Waals surface area contributed by atoms with Crippen LogP contribution in [0, 0.1) is 11.7 Å². The van der Waals surface area contributed by atoms with Crippen molar-refractivity contribution in [2.45, 2.75) is 58.5 Å². The fourth-order valence-electron chi connectivity index (χ4n) is 2.11. The lowest BCUT2D eigenvalue weighted by Crippen LogP contribution is -2.35. The van der Waals surface area contributed by atoms with Crippen LogP contribution in [0.5, 0.6) is 0 Å². The number of pyridine rings is 1. The maximum Gasteiger partial charge on any atom is 0.169 e. The van der Waals surface area contributed by atoms with E-state index in [1.165, 1.54) is 19.3 Å². The lowest BCUT2D eigenvalue weighted by molar-refractivity contribution is 0.418. The van der Waals surface area contributed by atoms with Gasteiger partial charge >= 0.3 is 0 Å². The van der Waals surface area contributed by atoms with E-state index in [9.17, 15) is 4.39 Å². The Hall–Kier alpha value is -1.16. The third-order valence-corrected chi connectivity index (χ3v) is 3.56. The molecular formula is C16H26FN3. The second kappa shape index (κ2) is 6.53. The summed E-state index contributed by atoms with van der Waals surface area (Å²) in [5, 5.41) is 6.42. The van der Waals surface area contributed by atoms with Crippen LogP contribution in [0.3, 0.4) is 0 Å². The van der Waals surface area contributed by atoms with Gasteiger partial charge in [0.25, 0.3) is 0 Å². The largest absolute Gasteiger partial charge is 0.368 e. The normalized spacial score (nSPS) is 15.4. The number of nitrogens with zero attached hydrogens (tertiary/aromatic N) is 1. The van der Waals surface area contributed by atoms with Crippen LogP contribution in [0.25, 0.3) is 0 Å². The first-order valence-corrected chi connectivity index (χ1v) is 7.58. The molecule has 2 rings (SSSR count). The zero-order valence-electron chi connectivity index (χ0n) is 12.8. The molecule has 1 saturated carbocycles. The average molecular weight is 279 g/mol. The third-order valence-electron chi connectivity index (χ3n) is 3.56. The van der Waals surface area contributed by atoms with Crippen LogP contribution in [0.15, 0.2) is 12.3 Å². The molecule has 1 aliphatic carbocycles. The van der Waals surface area contributed by atoms with Gasteiger partial charge in [-0.25, -0.2) is 9.37 Å². The minimum Gasteiger partial charge on any atom is -0.368 e. The molecule has 0 aromatic carbocycles. The number of halogens is 1. The highest BCUT2D eigenvalue weighted by atomic mass is 19.1. The van der Waals surface area contributed by atoms with Crippen molar-refractivity contribution < 1.29 is 4.39 Å². The Bertz CT molecular complexity index is 436. The van der Waals surface area contributed by atoms with E-state index in [1.807, 2.05) is 0 Å². The van der Waals surface area contributed by atoms with E-state index in [-0.39, 0.29) is 11.4 Å². The molecule has 0 unspecified atom stereocenters. The molecule has 112 valence electrons. The van der Waals surface area contributed by atoms with Crippen LogP contribution in [0.2, 0.25) is 0 Å². The van der Waals surface area contributed by atoms with Gasteiger partial charge in [0.1, 0.15) is 0 Å². The van der Waals surface area contributed by atoms with Crippen molar-refractivity contribution in [3.8, 4) is 0 Å². The second-order valence-corrected chi connectivity index (χ2v) is 6.75. The molecule has 0 radical (unpaired) electrons. The molecule has 20 heavy (non-hydrogen) atoms.